The van der Waals surface area contributed by atoms with Crippen LogP contribution in [-0.2, 0) is 9.53 Å². The predicted octanol–water partition coefficient (Wildman–Crippen LogP) is 1.29. The Morgan fingerprint density at radius 2 is 2.18 bits per heavy atom. The molecule has 0 spiro atoms. The molecule has 4 heteroatoms. The number of nitrogens with two attached hydrogens (primary N) is 1. The summed E-state index contributed by atoms with van der Waals surface area (Å²) >= 11 is 0. The first-order valence-electron chi connectivity index (χ1n) is 6.67. The molecule has 0 aliphatic heterocycles. The summed E-state index contributed by atoms with van der Waals surface area (Å²) in [6.45, 7) is 3.48. The number of hydrogen-bond acceptors (Lipinski definition) is 3. The van der Waals surface area contributed by atoms with Gasteiger partial charge in [-0.15, -0.1) is 0 Å². The van der Waals surface area contributed by atoms with Gasteiger partial charge in [-0.05, 0) is 18.3 Å². The Kier molecular flexibility index (Phi) is 6.52. The maximum atomic E-state index is 11.7. The van der Waals surface area contributed by atoms with Crippen LogP contribution < -0.4 is 11.1 Å². The van der Waals surface area contributed by atoms with E-state index in [1.807, 2.05) is 0 Å². The van der Waals surface area contributed by atoms with Crippen molar-refractivity contribution in [3.63, 3.8) is 0 Å². The lowest BCUT2D eigenvalue weighted by atomic mass is 9.80. The lowest BCUT2D eigenvalue weighted by Gasteiger charge is -2.29. The standard InChI is InChI=1S/C13H26N2O2/c1-10-5-3-4-6-11(10)9-15-13(16)7-12(8-14)17-2/h10-12H,3-9,14H2,1-2H3,(H,15,16). The summed E-state index contributed by atoms with van der Waals surface area (Å²) in [5.41, 5.74) is 5.49. The average molecular weight is 242 g/mol. The number of hydrogen-bond donors (Lipinski definition) is 2. The molecule has 1 aliphatic rings. The highest BCUT2D eigenvalue weighted by molar-refractivity contribution is 5.76. The van der Waals surface area contributed by atoms with E-state index in [0.717, 1.165) is 12.5 Å². The lowest BCUT2D eigenvalue weighted by Crippen LogP contribution is -2.36. The quantitative estimate of drug-likeness (QED) is 0.737. The highest BCUT2D eigenvalue weighted by Gasteiger charge is 2.22. The van der Waals surface area contributed by atoms with Gasteiger partial charge in [-0.3, -0.25) is 4.79 Å². The summed E-state index contributed by atoms with van der Waals surface area (Å²) in [5, 5.41) is 3.01. The second kappa shape index (κ2) is 7.67. The van der Waals surface area contributed by atoms with Gasteiger partial charge in [0.25, 0.3) is 0 Å². The van der Waals surface area contributed by atoms with Gasteiger partial charge >= 0.3 is 0 Å². The summed E-state index contributed by atoms with van der Waals surface area (Å²) in [4.78, 5) is 11.7. The van der Waals surface area contributed by atoms with Gasteiger partial charge in [-0.25, -0.2) is 0 Å². The van der Waals surface area contributed by atoms with Crippen LogP contribution in [0.5, 0.6) is 0 Å². The van der Waals surface area contributed by atoms with Gasteiger partial charge in [0.15, 0.2) is 0 Å². The third-order valence-electron chi connectivity index (χ3n) is 3.86. The van der Waals surface area contributed by atoms with E-state index in [1.165, 1.54) is 25.7 Å². The van der Waals surface area contributed by atoms with Crippen molar-refractivity contribution in [3.05, 3.63) is 0 Å². The summed E-state index contributed by atoms with van der Waals surface area (Å²) in [6, 6.07) is 0. The molecule has 1 aliphatic carbocycles. The number of nitrogens with one attached hydrogen (secondary N) is 1. The summed E-state index contributed by atoms with van der Waals surface area (Å²) in [6.07, 6.45) is 5.39. The molecule has 3 atom stereocenters. The number of rotatable bonds is 6. The fourth-order valence-corrected chi connectivity index (χ4v) is 2.48. The van der Waals surface area contributed by atoms with Crippen LogP contribution in [0.3, 0.4) is 0 Å². The topological polar surface area (TPSA) is 64.3 Å². The number of carbonyl (C=O) groups is 1. The largest absolute Gasteiger partial charge is 0.380 e. The first kappa shape index (κ1) is 14.5. The molecular weight excluding hydrogens is 216 g/mol. The van der Waals surface area contributed by atoms with Crippen molar-refractivity contribution in [3.8, 4) is 0 Å². The molecule has 1 rings (SSSR count). The summed E-state index contributed by atoms with van der Waals surface area (Å²) in [5.74, 6) is 1.43. The van der Waals surface area contributed by atoms with Crippen LogP contribution in [0, 0.1) is 11.8 Å². The zero-order chi connectivity index (χ0) is 12.7. The van der Waals surface area contributed by atoms with Gasteiger partial charge in [0, 0.05) is 20.2 Å². The van der Waals surface area contributed by atoms with Crippen LogP contribution in [0.4, 0.5) is 0 Å². The highest BCUT2D eigenvalue weighted by Crippen LogP contribution is 2.28. The first-order chi connectivity index (χ1) is 8.17. The van der Waals surface area contributed by atoms with Gasteiger partial charge in [0.05, 0.1) is 12.5 Å². The van der Waals surface area contributed by atoms with E-state index in [1.54, 1.807) is 7.11 Å². The maximum Gasteiger partial charge on any atom is 0.222 e. The fraction of sp³-hybridized carbons (Fsp3) is 0.923. The Morgan fingerprint density at radius 1 is 1.47 bits per heavy atom. The molecule has 0 bridgehead atoms. The minimum absolute atomic E-state index is 0.0556. The Labute approximate surface area is 104 Å². The molecule has 1 fully saturated rings. The molecule has 0 saturated heterocycles. The first-order valence-corrected chi connectivity index (χ1v) is 6.67. The van der Waals surface area contributed by atoms with Crippen LogP contribution in [-0.4, -0.2) is 32.2 Å². The highest BCUT2D eigenvalue weighted by atomic mass is 16.5. The Bertz CT molecular complexity index is 229. The number of carbonyl (C=O) groups excluding carboxylic acids is 1. The van der Waals surface area contributed by atoms with Crippen LogP contribution >= 0.6 is 0 Å². The van der Waals surface area contributed by atoms with Gasteiger partial charge < -0.3 is 15.8 Å². The molecule has 17 heavy (non-hydrogen) atoms. The molecule has 4 nitrogen and oxygen atoms in total. The molecule has 0 aromatic heterocycles. The third kappa shape index (κ3) is 5.04. The number of amides is 1. The second-order valence-corrected chi connectivity index (χ2v) is 5.12. The van der Waals surface area contributed by atoms with Gasteiger partial charge in [0.1, 0.15) is 0 Å². The van der Waals surface area contributed by atoms with Gasteiger partial charge in [-0.1, -0.05) is 26.2 Å². The molecule has 0 aromatic rings. The van der Waals surface area contributed by atoms with E-state index in [4.69, 9.17) is 10.5 Å². The molecule has 1 amide bonds. The van der Waals surface area contributed by atoms with Crippen molar-refractivity contribution in [1.29, 1.82) is 0 Å². The minimum Gasteiger partial charge on any atom is -0.380 e. The van der Waals surface area contributed by atoms with Crippen molar-refractivity contribution in [2.75, 3.05) is 20.2 Å². The summed E-state index contributed by atoms with van der Waals surface area (Å²) < 4.78 is 5.10. The van der Waals surface area contributed by atoms with E-state index in [-0.39, 0.29) is 12.0 Å². The normalized spacial score (nSPS) is 26.5. The molecule has 0 radical (unpaired) electrons. The van der Waals surface area contributed by atoms with E-state index in [2.05, 4.69) is 12.2 Å². The molecule has 0 aromatic carbocycles. The van der Waals surface area contributed by atoms with Crippen LogP contribution in [0.1, 0.15) is 39.0 Å². The van der Waals surface area contributed by atoms with Crippen molar-refractivity contribution in [1.82, 2.24) is 5.32 Å². The molecular formula is C13H26N2O2. The Hall–Kier alpha value is -0.610. The van der Waals surface area contributed by atoms with Gasteiger partial charge in [-0.2, -0.15) is 0 Å². The molecule has 0 heterocycles. The van der Waals surface area contributed by atoms with Crippen LogP contribution in [0.25, 0.3) is 0 Å². The smallest absolute Gasteiger partial charge is 0.222 e. The molecule has 3 unspecified atom stereocenters. The second-order valence-electron chi connectivity index (χ2n) is 5.12. The zero-order valence-electron chi connectivity index (χ0n) is 11.1. The predicted molar refractivity (Wildman–Crippen MR) is 68.6 cm³/mol. The average Bonchev–Trinajstić information content (AvgIpc) is 2.35. The number of methoxy groups -OCH3 is 1. The van der Waals surface area contributed by atoms with E-state index < -0.39 is 0 Å². The van der Waals surface area contributed by atoms with E-state index >= 15 is 0 Å². The zero-order valence-corrected chi connectivity index (χ0v) is 11.1. The van der Waals surface area contributed by atoms with Crippen molar-refractivity contribution in [2.24, 2.45) is 17.6 Å². The monoisotopic (exact) mass is 242 g/mol. The Morgan fingerprint density at radius 3 is 2.76 bits per heavy atom. The van der Waals surface area contributed by atoms with Crippen LogP contribution in [0.15, 0.2) is 0 Å². The van der Waals surface area contributed by atoms with E-state index in [9.17, 15) is 4.79 Å². The molecule has 1 saturated carbocycles. The number of ether oxygens (including phenoxy) is 1. The lowest BCUT2D eigenvalue weighted by molar-refractivity contribution is -0.123. The van der Waals surface area contributed by atoms with Crippen molar-refractivity contribution >= 4 is 5.91 Å². The summed E-state index contributed by atoms with van der Waals surface area (Å²) in [7, 11) is 1.59. The minimum atomic E-state index is -0.154. The molecule has 3 N–H and O–H groups in total. The SMILES string of the molecule is COC(CN)CC(=O)NCC1CCCCC1C. The third-order valence-corrected chi connectivity index (χ3v) is 3.86. The molecule has 100 valence electrons. The maximum absolute atomic E-state index is 11.7. The van der Waals surface area contributed by atoms with Crippen LogP contribution in [0.2, 0.25) is 0 Å². The Balaban J connectivity index is 2.22. The van der Waals surface area contributed by atoms with Crippen molar-refractivity contribution < 1.29 is 9.53 Å². The van der Waals surface area contributed by atoms with Gasteiger partial charge in [0.2, 0.25) is 5.91 Å². The van der Waals surface area contributed by atoms with Crippen molar-refractivity contribution in [2.45, 2.75) is 45.1 Å². The van der Waals surface area contributed by atoms with E-state index in [0.29, 0.717) is 18.9 Å². The fourth-order valence-electron chi connectivity index (χ4n) is 2.48.